The lowest BCUT2D eigenvalue weighted by atomic mass is 9.71. The Kier molecular flexibility index (Phi) is 4.80. The second-order valence-electron chi connectivity index (χ2n) is 7.45. The number of nitrogens with zero attached hydrogens (tertiary/aromatic N) is 3. The van der Waals surface area contributed by atoms with Crippen molar-refractivity contribution in [3.63, 3.8) is 0 Å². The number of carbonyl (C=O) groups is 1. The van der Waals surface area contributed by atoms with E-state index in [9.17, 15) is 9.18 Å². The van der Waals surface area contributed by atoms with Crippen molar-refractivity contribution in [2.45, 2.75) is 39.2 Å². The molecule has 2 aliphatic rings. The number of halogens is 1. The molecule has 26 heavy (non-hydrogen) atoms. The molecule has 2 fully saturated rings. The van der Waals surface area contributed by atoms with Crippen LogP contribution in [0.15, 0.2) is 29.8 Å². The van der Waals surface area contributed by atoms with Crippen LogP contribution in [-0.2, 0) is 11.3 Å². The Balaban J connectivity index is 1.44. The fraction of sp³-hybridized carbons (Fsp3) is 0.500. The molecule has 0 N–H and O–H groups in total. The molecule has 2 aromatic rings. The van der Waals surface area contributed by atoms with Gasteiger partial charge in [-0.3, -0.25) is 9.69 Å². The number of benzene rings is 1. The van der Waals surface area contributed by atoms with Crippen LogP contribution in [0.5, 0.6) is 0 Å². The Morgan fingerprint density at radius 1 is 1.15 bits per heavy atom. The molecule has 2 aliphatic heterocycles. The third-order valence-electron chi connectivity index (χ3n) is 5.90. The molecule has 138 valence electrons. The van der Waals surface area contributed by atoms with Crippen LogP contribution in [-0.4, -0.2) is 35.4 Å². The van der Waals surface area contributed by atoms with E-state index in [1.54, 1.807) is 23.5 Å². The lowest BCUT2D eigenvalue weighted by Gasteiger charge is -2.46. The summed E-state index contributed by atoms with van der Waals surface area (Å²) in [6.07, 6.45) is 3.79. The van der Waals surface area contributed by atoms with E-state index in [1.165, 1.54) is 17.0 Å². The van der Waals surface area contributed by atoms with Crippen molar-refractivity contribution in [1.82, 2.24) is 9.88 Å². The Morgan fingerprint density at radius 2 is 1.88 bits per heavy atom. The molecule has 3 heterocycles. The van der Waals surface area contributed by atoms with E-state index in [1.807, 2.05) is 10.4 Å². The number of carbonyl (C=O) groups excluding carboxylic acids is 1. The third-order valence-corrected chi connectivity index (χ3v) is 6.82. The monoisotopic (exact) mass is 373 g/mol. The fourth-order valence-corrected chi connectivity index (χ4v) is 5.04. The Morgan fingerprint density at radius 3 is 2.54 bits per heavy atom. The summed E-state index contributed by atoms with van der Waals surface area (Å²) >= 11 is 1.71. The average Bonchev–Trinajstić information content (AvgIpc) is 3.05. The topological polar surface area (TPSA) is 36.4 Å². The molecule has 0 aliphatic carbocycles. The normalized spacial score (nSPS) is 20.7. The summed E-state index contributed by atoms with van der Waals surface area (Å²) in [4.78, 5) is 23.2. The largest absolute Gasteiger partial charge is 0.312 e. The van der Waals surface area contributed by atoms with Gasteiger partial charge in [0.25, 0.3) is 0 Å². The second-order valence-corrected chi connectivity index (χ2v) is 8.39. The Bertz CT molecular complexity index is 781. The van der Waals surface area contributed by atoms with E-state index in [0.717, 1.165) is 63.2 Å². The van der Waals surface area contributed by atoms with Crippen molar-refractivity contribution in [2.75, 3.05) is 24.5 Å². The van der Waals surface area contributed by atoms with E-state index in [-0.39, 0.29) is 17.1 Å². The molecule has 1 amide bonds. The Hall–Kier alpha value is -1.79. The van der Waals surface area contributed by atoms with Crippen molar-refractivity contribution in [3.05, 3.63) is 46.2 Å². The highest BCUT2D eigenvalue weighted by molar-refractivity contribution is 7.09. The number of piperidine rings is 2. The maximum absolute atomic E-state index is 13.3. The van der Waals surface area contributed by atoms with Crippen LogP contribution < -0.4 is 4.90 Å². The van der Waals surface area contributed by atoms with E-state index in [4.69, 9.17) is 0 Å². The van der Waals surface area contributed by atoms with Gasteiger partial charge in [-0.1, -0.05) is 0 Å². The average molecular weight is 373 g/mol. The molecular formula is C20H24FN3OS. The molecule has 1 aromatic heterocycles. The highest BCUT2D eigenvalue weighted by atomic mass is 32.1. The molecule has 0 radical (unpaired) electrons. The van der Waals surface area contributed by atoms with Gasteiger partial charge < -0.3 is 4.90 Å². The highest BCUT2D eigenvalue weighted by Gasteiger charge is 2.46. The van der Waals surface area contributed by atoms with Crippen molar-refractivity contribution < 1.29 is 9.18 Å². The van der Waals surface area contributed by atoms with Crippen LogP contribution in [0.1, 0.15) is 36.3 Å². The predicted octanol–water partition coefficient (Wildman–Crippen LogP) is 4.00. The number of likely N-dealkylation sites (tertiary alicyclic amines) is 1. The minimum atomic E-state index is -0.264. The lowest BCUT2D eigenvalue weighted by Crippen LogP contribution is -2.53. The van der Waals surface area contributed by atoms with Crippen LogP contribution in [0.2, 0.25) is 0 Å². The summed E-state index contributed by atoms with van der Waals surface area (Å²) in [5, 5.41) is 0. The molecule has 2 saturated heterocycles. The lowest BCUT2D eigenvalue weighted by molar-refractivity contribution is -0.133. The zero-order chi connectivity index (χ0) is 18.1. The molecular weight excluding hydrogens is 349 g/mol. The number of thiazole rings is 1. The highest BCUT2D eigenvalue weighted by Crippen LogP contribution is 2.42. The van der Waals surface area contributed by atoms with Gasteiger partial charge in [0.05, 0.1) is 16.6 Å². The van der Waals surface area contributed by atoms with Gasteiger partial charge in [0.2, 0.25) is 5.91 Å². The first-order chi connectivity index (χ1) is 12.6. The molecule has 1 aromatic carbocycles. The second kappa shape index (κ2) is 7.08. The SMILES string of the molecule is Cc1ncsc1CN1CCC2(CCCN(c3ccc(F)cc3)C2=O)CC1. The fourth-order valence-electron chi connectivity index (χ4n) is 4.22. The molecule has 0 unspecified atom stereocenters. The number of hydrogen-bond acceptors (Lipinski definition) is 4. The van der Waals surface area contributed by atoms with E-state index in [0.29, 0.717) is 0 Å². The summed E-state index contributed by atoms with van der Waals surface area (Å²) in [6, 6.07) is 6.30. The number of aryl methyl sites for hydroxylation is 1. The van der Waals surface area contributed by atoms with Gasteiger partial charge >= 0.3 is 0 Å². The van der Waals surface area contributed by atoms with Gasteiger partial charge in [0.1, 0.15) is 5.82 Å². The molecule has 0 atom stereocenters. The molecule has 0 bridgehead atoms. The summed E-state index contributed by atoms with van der Waals surface area (Å²) < 4.78 is 13.2. The maximum atomic E-state index is 13.3. The zero-order valence-electron chi connectivity index (χ0n) is 15.1. The molecule has 4 rings (SSSR count). The predicted molar refractivity (Wildman–Crippen MR) is 102 cm³/mol. The third kappa shape index (κ3) is 3.28. The number of anilines is 1. The van der Waals surface area contributed by atoms with Crippen LogP contribution in [0.25, 0.3) is 0 Å². The zero-order valence-corrected chi connectivity index (χ0v) is 15.9. The minimum Gasteiger partial charge on any atom is -0.312 e. The van der Waals surface area contributed by atoms with Gasteiger partial charge in [-0.25, -0.2) is 9.37 Å². The first-order valence-corrected chi connectivity index (χ1v) is 10.1. The Labute approximate surface area is 157 Å². The van der Waals surface area contributed by atoms with Crippen molar-refractivity contribution in [2.24, 2.45) is 5.41 Å². The quantitative estimate of drug-likeness (QED) is 0.816. The van der Waals surface area contributed by atoms with Crippen LogP contribution in [0.3, 0.4) is 0 Å². The van der Waals surface area contributed by atoms with Crippen LogP contribution >= 0.6 is 11.3 Å². The maximum Gasteiger partial charge on any atom is 0.233 e. The van der Waals surface area contributed by atoms with E-state index < -0.39 is 0 Å². The summed E-state index contributed by atoms with van der Waals surface area (Å²) in [5.74, 6) is -0.0384. The molecule has 1 spiro atoms. The van der Waals surface area contributed by atoms with E-state index in [2.05, 4.69) is 16.8 Å². The van der Waals surface area contributed by atoms with Crippen molar-refractivity contribution in [3.8, 4) is 0 Å². The number of aromatic nitrogens is 1. The van der Waals surface area contributed by atoms with Crippen molar-refractivity contribution in [1.29, 1.82) is 0 Å². The van der Waals surface area contributed by atoms with Gasteiger partial charge in [0, 0.05) is 23.7 Å². The van der Waals surface area contributed by atoms with Crippen LogP contribution in [0, 0.1) is 18.2 Å². The summed E-state index contributed by atoms with van der Waals surface area (Å²) in [5.41, 5.74) is 3.59. The van der Waals surface area contributed by atoms with E-state index >= 15 is 0 Å². The van der Waals surface area contributed by atoms with Gasteiger partial charge in [0.15, 0.2) is 0 Å². The number of amides is 1. The van der Waals surface area contributed by atoms with Crippen LogP contribution in [0.4, 0.5) is 10.1 Å². The summed E-state index contributed by atoms with van der Waals surface area (Å²) in [6.45, 7) is 5.61. The molecule has 0 saturated carbocycles. The van der Waals surface area contributed by atoms with Crippen molar-refractivity contribution >= 4 is 22.9 Å². The number of rotatable bonds is 3. The molecule has 4 nitrogen and oxygen atoms in total. The molecule has 6 heteroatoms. The standard InChI is InChI=1S/C20H24FN3OS/c1-15-18(26-14-22-15)13-23-11-8-20(9-12-23)7-2-10-24(19(20)25)17-5-3-16(21)4-6-17/h3-6,14H,2,7-13H2,1H3. The summed E-state index contributed by atoms with van der Waals surface area (Å²) in [7, 11) is 0. The van der Waals surface area contributed by atoms with Gasteiger partial charge in [-0.2, -0.15) is 0 Å². The first-order valence-electron chi connectivity index (χ1n) is 9.26. The minimum absolute atomic E-state index is 0.226. The number of hydrogen-bond donors (Lipinski definition) is 0. The van der Waals surface area contributed by atoms with Gasteiger partial charge in [-0.15, -0.1) is 11.3 Å². The van der Waals surface area contributed by atoms with Gasteiger partial charge in [-0.05, 0) is 70.0 Å². The smallest absolute Gasteiger partial charge is 0.233 e. The first kappa shape index (κ1) is 17.6.